The smallest absolute Gasteiger partial charge is 0.311 e. The summed E-state index contributed by atoms with van der Waals surface area (Å²) in [5.41, 5.74) is 1.49. The summed E-state index contributed by atoms with van der Waals surface area (Å²) in [7, 11) is 1.33. The molecule has 0 saturated heterocycles. The van der Waals surface area contributed by atoms with Gasteiger partial charge >= 0.3 is 6.43 Å². The summed E-state index contributed by atoms with van der Waals surface area (Å²) in [4.78, 5) is 11.9. The third-order valence-electron chi connectivity index (χ3n) is 1.94. The van der Waals surface area contributed by atoms with E-state index in [2.05, 4.69) is 0 Å². The van der Waals surface area contributed by atoms with E-state index in [1.807, 2.05) is 6.92 Å². The monoisotopic (exact) mass is 199 g/mol. The minimum absolute atomic E-state index is 0.473. The molecular weight excluding hydrogens is 188 g/mol. The van der Waals surface area contributed by atoms with Crippen molar-refractivity contribution in [3.63, 3.8) is 0 Å². The van der Waals surface area contributed by atoms with E-state index in [1.54, 1.807) is 24.3 Å². The van der Waals surface area contributed by atoms with Gasteiger partial charge in [-0.2, -0.15) is 8.78 Å². The highest BCUT2D eigenvalue weighted by Gasteiger charge is 2.20. The highest BCUT2D eigenvalue weighted by atomic mass is 19.3. The molecule has 2 nitrogen and oxygen atoms in total. The van der Waals surface area contributed by atoms with Crippen molar-refractivity contribution < 1.29 is 13.6 Å². The molecule has 14 heavy (non-hydrogen) atoms. The van der Waals surface area contributed by atoms with Gasteiger partial charge in [0, 0.05) is 12.7 Å². The Morgan fingerprint density at radius 3 is 2.21 bits per heavy atom. The van der Waals surface area contributed by atoms with Crippen LogP contribution in [0.15, 0.2) is 24.3 Å². The molecule has 0 N–H and O–H groups in total. The molecule has 1 rings (SSSR count). The Hall–Kier alpha value is -1.45. The zero-order valence-corrected chi connectivity index (χ0v) is 8.00. The van der Waals surface area contributed by atoms with Crippen LogP contribution < -0.4 is 4.90 Å². The lowest BCUT2D eigenvalue weighted by Crippen LogP contribution is -2.31. The molecular formula is C10H11F2NO. The number of amides is 1. The van der Waals surface area contributed by atoms with Crippen LogP contribution in [0, 0.1) is 6.92 Å². The molecule has 1 aromatic rings. The molecule has 0 radical (unpaired) electrons. The second kappa shape index (κ2) is 4.17. The number of benzene rings is 1. The van der Waals surface area contributed by atoms with Crippen LogP contribution in [0.5, 0.6) is 0 Å². The first-order valence-electron chi connectivity index (χ1n) is 4.15. The summed E-state index contributed by atoms with van der Waals surface area (Å²) in [6, 6.07) is 6.81. The molecule has 1 aromatic carbocycles. The van der Waals surface area contributed by atoms with E-state index in [4.69, 9.17) is 0 Å². The molecule has 4 heteroatoms. The van der Waals surface area contributed by atoms with Crippen molar-refractivity contribution in [3.8, 4) is 0 Å². The molecule has 0 aliphatic heterocycles. The number of carbonyl (C=O) groups is 1. The van der Waals surface area contributed by atoms with E-state index >= 15 is 0 Å². The Morgan fingerprint density at radius 2 is 1.79 bits per heavy atom. The van der Waals surface area contributed by atoms with Crippen LogP contribution in [0.3, 0.4) is 0 Å². The number of rotatable bonds is 2. The van der Waals surface area contributed by atoms with Gasteiger partial charge in [-0.15, -0.1) is 0 Å². The fraction of sp³-hybridized carbons (Fsp3) is 0.300. The molecule has 0 heterocycles. The lowest BCUT2D eigenvalue weighted by molar-refractivity contribution is -0.128. The lowest BCUT2D eigenvalue weighted by atomic mass is 10.2. The van der Waals surface area contributed by atoms with Crippen LogP contribution in [-0.2, 0) is 4.79 Å². The first-order valence-corrected chi connectivity index (χ1v) is 4.15. The Labute approximate surface area is 81.1 Å². The van der Waals surface area contributed by atoms with E-state index in [0.29, 0.717) is 5.69 Å². The van der Waals surface area contributed by atoms with Gasteiger partial charge < -0.3 is 4.90 Å². The molecule has 0 saturated carbocycles. The first-order chi connectivity index (χ1) is 6.52. The number of halogens is 2. The number of hydrogen-bond donors (Lipinski definition) is 0. The van der Waals surface area contributed by atoms with Crippen LogP contribution in [0.2, 0.25) is 0 Å². The quantitative estimate of drug-likeness (QED) is 0.715. The highest BCUT2D eigenvalue weighted by Crippen LogP contribution is 2.15. The zero-order valence-electron chi connectivity index (χ0n) is 8.00. The first kappa shape index (κ1) is 10.6. The topological polar surface area (TPSA) is 20.3 Å². The second-order valence-electron chi connectivity index (χ2n) is 3.03. The van der Waals surface area contributed by atoms with Crippen molar-refractivity contribution in [2.24, 2.45) is 0 Å². The summed E-state index contributed by atoms with van der Waals surface area (Å²) in [6.45, 7) is 1.89. The third kappa shape index (κ3) is 2.28. The Kier molecular flexibility index (Phi) is 3.17. The second-order valence-corrected chi connectivity index (χ2v) is 3.03. The molecule has 1 amide bonds. The summed E-state index contributed by atoms with van der Waals surface area (Å²) >= 11 is 0. The Balaban J connectivity index is 2.84. The fourth-order valence-corrected chi connectivity index (χ4v) is 1.04. The average Bonchev–Trinajstić information content (AvgIpc) is 2.16. The molecule has 0 unspecified atom stereocenters. The average molecular weight is 199 g/mol. The van der Waals surface area contributed by atoms with Gasteiger partial charge in [0.25, 0.3) is 5.91 Å². The van der Waals surface area contributed by atoms with E-state index in [0.717, 1.165) is 10.5 Å². The predicted molar refractivity (Wildman–Crippen MR) is 50.6 cm³/mol. The lowest BCUT2D eigenvalue weighted by Gasteiger charge is -2.16. The Morgan fingerprint density at radius 1 is 1.29 bits per heavy atom. The van der Waals surface area contributed by atoms with Crippen LogP contribution >= 0.6 is 0 Å². The van der Waals surface area contributed by atoms with E-state index in [9.17, 15) is 13.6 Å². The third-order valence-corrected chi connectivity index (χ3v) is 1.94. The summed E-state index contributed by atoms with van der Waals surface area (Å²) in [6.07, 6.45) is -2.96. The van der Waals surface area contributed by atoms with Gasteiger partial charge in [-0.25, -0.2) is 0 Å². The van der Waals surface area contributed by atoms with Crippen molar-refractivity contribution in [3.05, 3.63) is 29.8 Å². The number of anilines is 1. The SMILES string of the molecule is Cc1ccc(N(C)C(=O)C(F)F)cc1. The van der Waals surface area contributed by atoms with Crippen molar-refractivity contribution in [1.29, 1.82) is 0 Å². The molecule has 0 bridgehead atoms. The van der Waals surface area contributed by atoms with E-state index < -0.39 is 12.3 Å². The number of alkyl halides is 2. The Bertz CT molecular complexity index is 321. The van der Waals surface area contributed by atoms with Crippen molar-refractivity contribution in [1.82, 2.24) is 0 Å². The van der Waals surface area contributed by atoms with Crippen molar-refractivity contribution in [2.75, 3.05) is 11.9 Å². The number of nitrogens with zero attached hydrogens (tertiary/aromatic N) is 1. The van der Waals surface area contributed by atoms with Gasteiger partial charge in [0.1, 0.15) is 0 Å². The van der Waals surface area contributed by atoms with Gasteiger partial charge in [0.15, 0.2) is 0 Å². The van der Waals surface area contributed by atoms with E-state index in [1.165, 1.54) is 7.05 Å². The standard InChI is InChI=1S/C10H11F2NO/c1-7-3-5-8(6-4-7)13(2)10(14)9(11)12/h3-6,9H,1-2H3. The minimum Gasteiger partial charge on any atom is -0.311 e. The van der Waals surface area contributed by atoms with Gasteiger partial charge in [0.05, 0.1) is 0 Å². The largest absolute Gasteiger partial charge is 0.316 e. The summed E-state index contributed by atoms with van der Waals surface area (Å²) < 4.78 is 24.1. The maximum Gasteiger partial charge on any atom is 0.316 e. The normalized spacial score (nSPS) is 10.4. The molecule has 76 valence electrons. The number of carbonyl (C=O) groups excluding carboxylic acids is 1. The predicted octanol–water partition coefficient (Wildman–Crippen LogP) is 2.22. The van der Waals surface area contributed by atoms with Crippen LogP contribution in [-0.4, -0.2) is 19.4 Å². The molecule has 0 fully saturated rings. The summed E-state index contributed by atoms with van der Waals surface area (Å²) in [5.74, 6) is -1.19. The van der Waals surface area contributed by atoms with Crippen LogP contribution in [0.4, 0.5) is 14.5 Å². The van der Waals surface area contributed by atoms with Gasteiger partial charge in [-0.05, 0) is 19.1 Å². The van der Waals surface area contributed by atoms with E-state index in [-0.39, 0.29) is 0 Å². The van der Waals surface area contributed by atoms with Crippen LogP contribution in [0.25, 0.3) is 0 Å². The van der Waals surface area contributed by atoms with Crippen molar-refractivity contribution in [2.45, 2.75) is 13.3 Å². The molecule has 0 aliphatic carbocycles. The highest BCUT2D eigenvalue weighted by molar-refractivity contribution is 5.94. The maximum atomic E-state index is 12.1. The maximum absolute atomic E-state index is 12.1. The minimum atomic E-state index is -2.96. The van der Waals surface area contributed by atoms with Crippen LogP contribution in [0.1, 0.15) is 5.56 Å². The molecule has 0 aromatic heterocycles. The molecule has 0 aliphatic rings. The number of hydrogen-bond acceptors (Lipinski definition) is 1. The fourth-order valence-electron chi connectivity index (χ4n) is 1.04. The van der Waals surface area contributed by atoms with Gasteiger partial charge in [-0.1, -0.05) is 17.7 Å². The van der Waals surface area contributed by atoms with Gasteiger partial charge in [-0.3, -0.25) is 4.79 Å². The zero-order chi connectivity index (χ0) is 10.7. The van der Waals surface area contributed by atoms with Gasteiger partial charge in [0.2, 0.25) is 0 Å². The molecule has 0 spiro atoms. The summed E-state index contributed by atoms with van der Waals surface area (Å²) in [5, 5.41) is 0. The van der Waals surface area contributed by atoms with Crippen molar-refractivity contribution >= 4 is 11.6 Å². The molecule has 0 atom stereocenters. The number of aryl methyl sites for hydroxylation is 1.